The molecule has 35 heavy (non-hydrogen) atoms. The van der Waals surface area contributed by atoms with E-state index in [1.807, 2.05) is 18.7 Å². The second kappa shape index (κ2) is 10.4. The minimum atomic E-state index is -0.507. The van der Waals surface area contributed by atoms with E-state index in [9.17, 15) is 24.1 Å². The Morgan fingerprint density at radius 1 is 1.20 bits per heavy atom. The molecule has 9 nitrogen and oxygen atoms in total. The Bertz CT molecular complexity index is 1120. The molecule has 0 aromatic heterocycles. The van der Waals surface area contributed by atoms with Crippen molar-refractivity contribution in [3.63, 3.8) is 0 Å². The first-order valence-corrected chi connectivity index (χ1v) is 11.8. The fourth-order valence-corrected chi connectivity index (χ4v) is 4.95. The van der Waals surface area contributed by atoms with Crippen LogP contribution in [0.3, 0.4) is 0 Å². The molecule has 0 bridgehead atoms. The highest BCUT2D eigenvalue weighted by molar-refractivity contribution is 5.82. The normalized spacial score (nSPS) is 19.6. The van der Waals surface area contributed by atoms with Gasteiger partial charge in [0.1, 0.15) is 5.82 Å². The quantitative estimate of drug-likeness (QED) is 0.462. The van der Waals surface area contributed by atoms with E-state index in [0.29, 0.717) is 31.6 Å². The van der Waals surface area contributed by atoms with Crippen molar-refractivity contribution in [3.8, 4) is 0 Å². The Hall–Kier alpha value is -3.53. The molecular formula is C25H30FN5O4. The first-order valence-electron chi connectivity index (χ1n) is 11.8. The van der Waals surface area contributed by atoms with Crippen LogP contribution in [0.15, 0.2) is 42.5 Å². The number of halogens is 1. The summed E-state index contributed by atoms with van der Waals surface area (Å²) >= 11 is 0. The molecule has 186 valence electrons. The van der Waals surface area contributed by atoms with Crippen LogP contribution in [0.1, 0.15) is 25.0 Å². The van der Waals surface area contributed by atoms with Gasteiger partial charge >= 0.3 is 0 Å². The maximum absolute atomic E-state index is 14.1. The van der Waals surface area contributed by atoms with Crippen LogP contribution in [0.2, 0.25) is 0 Å². The molecule has 2 unspecified atom stereocenters. The van der Waals surface area contributed by atoms with E-state index in [-0.39, 0.29) is 48.5 Å². The second-order valence-electron chi connectivity index (χ2n) is 9.41. The molecule has 0 radical (unpaired) electrons. The van der Waals surface area contributed by atoms with E-state index in [1.54, 1.807) is 24.3 Å². The standard InChI is InChI=1S/C25H30FN5O4/c1-16(2)28-24(32)15-29-9-10-30-22-8-7-19(31(34)35)11-18(22)12-20(23(30)14-29)25(33)27-13-17-5-3-4-6-21(17)26/h3-8,11,16,20,23H,9-10,12-15H2,1-2H3,(H,27,33)(H,28,32). The minimum absolute atomic E-state index is 0.0169. The van der Waals surface area contributed by atoms with Crippen LogP contribution in [0, 0.1) is 21.8 Å². The third-order valence-electron chi connectivity index (χ3n) is 6.55. The predicted molar refractivity (Wildman–Crippen MR) is 129 cm³/mol. The zero-order valence-corrected chi connectivity index (χ0v) is 19.9. The first kappa shape index (κ1) is 24.6. The zero-order valence-electron chi connectivity index (χ0n) is 19.9. The molecule has 2 aliphatic heterocycles. The van der Waals surface area contributed by atoms with Gasteiger partial charge < -0.3 is 15.5 Å². The summed E-state index contributed by atoms with van der Waals surface area (Å²) in [5.74, 6) is -1.21. The maximum atomic E-state index is 14.1. The highest BCUT2D eigenvalue weighted by Gasteiger charge is 2.42. The van der Waals surface area contributed by atoms with Gasteiger partial charge in [0.25, 0.3) is 5.69 Å². The van der Waals surface area contributed by atoms with Gasteiger partial charge in [0, 0.05) is 55.6 Å². The van der Waals surface area contributed by atoms with Gasteiger partial charge in [0.2, 0.25) is 11.8 Å². The van der Waals surface area contributed by atoms with Crippen molar-refractivity contribution in [2.45, 2.75) is 38.9 Å². The van der Waals surface area contributed by atoms with E-state index in [2.05, 4.69) is 15.5 Å². The molecule has 2 atom stereocenters. The summed E-state index contributed by atoms with van der Waals surface area (Å²) in [4.78, 5) is 40.7. The van der Waals surface area contributed by atoms with Crippen LogP contribution in [0.4, 0.5) is 15.8 Å². The number of anilines is 1. The van der Waals surface area contributed by atoms with Gasteiger partial charge in [0.15, 0.2) is 0 Å². The van der Waals surface area contributed by atoms with Crippen LogP contribution < -0.4 is 15.5 Å². The Balaban J connectivity index is 1.56. The number of nitro groups is 1. The van der Waals surface area contributed by atoms with E-state index >= 15 is 0 Å². The Labute approximate surface area is 203 Å². The summed E-state index contributed by atoms with van der Waals surface area (Å²) in [5, 5.41) is 17.1. The molecule has 1 saturated heterocycles. The van der Waals surface area contributed by atoms with E-state index < -0.39 is 10.8 Å². The SMILES string of the molecule is CC(C)NC(=O)CN1CCN2c3ccc([N+](=O)[O-])cc3CC(C(=O)NCc3ccccc3F)C2C1. The molecule has 10 heteroatoms. The topological polar surface area (TPSA) is 108 Å². The zero-order chi connectivity index (χ0) is 25.1. The van der Waals surface area contributed by atoms with Crippen molar-refractivity contribution in [2.24, 2.45) is 5.92 Å². The number of nitrogens with one attached hydrogen (secondary N) is 2. The molecular weight excluding hydrogens is 453 g/mol. The van der Waals surface area contributed by atoms with Gasteiger partial charge in [-0.15, -0.1) is 0 Å². The molecule has 0 saturated carbocycles. The summed E-state index contributed by atoms with van der Waals surface area (Å²) in [6, 6.07) is 10.9. The first-order chi connectivity index (χ1) is 16.7. The third-order valence-corrected chi connectivity index (χ3v) is 6.55. The number of amides is 2. The smallest absolute Gasteiger partial charge is 0.269 e. The van der Waals surface area contributed by atoms with Crippen LogP contribution in [-0.4, -0.2) is 59.9 Å². The summed E-state index contributed by atoms with van der Waals surface area (Å²) in [5.41, 5.74) is 1.99. The van der Waals surface area contributed by atoms with Crippen molar-refractivity contribution in [1.82, 2.24) is 15.5 Å². The van der Waals surface area contributed by atoms with Crippen LogP contribution in [0.25, 0.3) is 0 Å². The average molecular weight is 484 g/mol. The lowest BCUT2D eigenvalue weighted by Crippen LogP contribution is -2.62. The van der Waals surface area contributed by atoms with E-state index in [0.717, 1.165) is 11.3 Å². The third kappa shape index (κ3) is 5.59. The lowest BCUT2D eigenvalue weighted by Gasteiger charge is -2.49. The largest absolute Gasteiger partial charge is 0.365 e. The Morgan fingerprint density at radius 2 is 1.97 bits per heavy atom. The Kier molecular flexibility index (Phi) is 7.30. The van der Waals surface area contributed by atoms with Gasteiger partial charge in [0.05, 0.1) is 23.4 Å². The number of piperazine rings is 1. The number of nitro benzene ring substituents is 1. The number of non-ortho nitro benzene ring substituents is 1. The summed E-state index contributed by atoms with van der Waals surface area (Å²) < 4.78 is 14.1. The molecule has 4 rings (SSSR count). The Morgan fingerprint density at radius 3 is 2.69 bits per heavy atom. The lowest BCUT2D eigenvalue weighted by molar-refractivity contribution is -0.384. The summed E-state index contributed by atoms with van der Waals surface area (Å²) in [6.07, 6.45) is 0.327. The van der Waals surface area contributed by atoms with E-state index in [1.165, 1.54) is 18.2 Å². The fourth-order valence-electron chi connectivity index (χ4n) is 4.95. The number of nitrogens with zero attached hydrogens (tertiary/aromatic N) is 3. The van der Waals surface area contributed by atoms with Gasteiger partial charge in [-0.3, -0.25) is 24.6 Å². The van der Waals surface area contributed by atoms with Crippen molar-refractivity contribution >= 4 is 23.2 Å². The van der Waals surface area contributed by atoms with Gasteiger partial charge in [-0.25, -0.2) is 4.39 Å². The average Bonchev–Trinajstić information content (AvgIpc) is 2.81. The highest BCUT2D eigenvalue weighted by Crippen LogP contribution is 2.38. The van der Waals surface area contributed by atoms with Crippen LogP contribution >= 0.6 is 0 Å². The molecule has 2 N–H and O–H groups in total. The number of fused-ring (bicyclic) bond motifs is 3. The highest BCUT2D eigenvalue weighted by atomic mass is 19.1. The van der Waals surface area contributed by atoms with Gasteiger partial charge in [-0.05, 0) is 38.0 Å². The lowest BCUT2D eigenvalue weighted by atomic mass is 9.83. The molecule has 0 spiro atoms. The van der Waals surface area contributed by atoms with Crippen molar-refractivity contribution in [2.75, 3.05) is 31.1 Å². The van der Waals surface area contributed by atoms with Gasteiger partial charge in [-0.2, -0.15) is 0 Å². The molecule has 2 aliphatic rings. The monoisotopic (exact) mass is 483 g/mol. The number of rotatable bonds is 7. The van der Waals surface area contributed by atoms with Crippen molar-refractivity contribution in [3.05, 3.63) is 69.5 Å². The van der Waals surface area contributed by atoms with E-state index in [4.69, 9.17) is 0 Å². The molecule has 0 aliphatic carbocycles. The number of carbonyl (C=O) groups excluding carboxylic acids is 2. The molecule has 2 aromatic rings. The summed E-state index contributed by atoms with van der Waals surface area (Å²) in [7, 11) is 0. The number of hydrogen-bond donors (Lipinski definition) is 2. The maximum Gasteiger partial charge on any atom is 0.269 e. The molecule has 2 aromatic carbocycles. The van der Waals surface area contributed by atoms with Crippen molar-refractivity contribution < 1.29 is 18.9 Å². The van der Waals surface area contributed by atoms with Crippen LogP contribution in [0.5, 0.6) is 0 Å². The predicted octanol–water partition coefficient (Wildman–Crippen LogP) is 2.24. The van der Waals surface area contributed by atoms with Gasteiger partial charge in [-0.1, -0.05) is 18.2 Å². The minimum Gasteiger partial charge on any atom is -0.365 e. The van der Waals surface area contributed by atoms with Crippen molar-refractivity contribution in [1.29, 1.82) is 0 Å². The number of carbonyl (C=O) groups is 2. The number of benzene rings is 2. The fraction of sp³-hybridized carbons (Fsp3) is 0.440. The molecule has 2 amide bonds. The second-order valence-corrected chi connectivity index (χ2v) is 9.41. The molecule has 2 heterocycles. The summed E-state index contributed by atoms with van der Waals surface area (Å²) in [6.45, 7) is 5.81. The van der Waals surface area contributed by atoms with Crippen LogP contribution in [-0.2, 0) is 22.6 Å². The molecule has 1 fully saturated rings. The number of hydrogen-bond acceptors (Lipinski definition) is 6.